The third kappa shape index (κ3) is 1.74. The van der Waals surface area contributed by atoms with Crippen LogP contribution < -0.4 is 0 Å². The fourth-order valence-corrected chi connectivity index (χ4v) is 5.73. The molecule has 3 aliphatic carbocycles. The zero-order valence-electron chi connectivity index (χ0n) is 13.0. The quantitative estimate of drug-likeness (QED) is 0.778. The molecule has 2 saturated carbocycles. The fourth-order valence-electron chi connectivity index (χ4n) is 5.73. The van der Waals surface area contributed by atoms with Crippen molar-refractivity contribution in [2.45, 2.75) is 58.3 Å². The summed E-state index contributed by atoms with van der Waals surface area (Å²) in [6.07, 6.45) is 6.34. The van der Waals surface area contributed by atoms with Gasteiger partial charge in [0.2, 0.25) is 0 Å². The summed E-state index contributed by atoms with van der Waals surface area (Å²) in [7, 11) is 0. The van der Waals surface area contributed by atoms with Crippen LogP contribution >= 0.6 is 0 Å². The Morgan fingerprint density at radius 3 is 2.81 bits per heavy atom. The average molecular weight is 284 g/mol. The van der Waals surface area contributed by atoms with Gasteiger partial charge in [0.15, 0.2) is 0 Å². The van der Waals surface area contributed by atoms with Crippen molar-refractivity contribution in [3.05, 3.63) is 28.8 Å². The number of hydrogen-bond acceptors (Lipinski definition) is 2. The van der Waals surface area contributed by atoms with Crippen LogP contribution in [0, 0.1) is 24.2 Å². The van der Waals surface area contributed by atoms with Crippen LogP contribution in [0.15, 0.2) is 12.1 Å². The number of ketones is 1. The molecular formula is C19H24O2. The van der Waals surface area contributed by atoms with E-state index in [1.54, 1.807) is 0 Å². The fraction of sp³-hybridized carbons (Fsp3) is 0.632. The molecule has 1 aromatic carbocycles. The molecule has 4 atom stereocenters. The van der Waals surface area contributed by atoms with Gasteiger partial charge in [-0.3, -0.25) is 4.79 Å². The van der Waals surface area contributed by atoms with Crippen LogP contribution in [-0.4, -0.2) is 10.9 Å². The van der Waals surface area contributed by atoms with Crippen molar-refractivity contribution in [1.29, 1.82) is 0 Å². The Bertz CT molecular complexity index is 618. The van der Waals surface area contributed by atoms with E-state index in [2.05, 4.69) is 13.8 Å². The maximum atomic E-state index is 12.3. The van der Waals surface area contributed by atoms with Gasteiger partial charge in [0, 0.05) is 11.8 Å². The van der Waals surface area contributed by atoms with Gasteiger partial charge in [0.25, 0.3) is 0 Å². The van der Waals surface area contributed by atoms with Crippen molar-refractivity contribution < 1.29 is 9.90 Å². The van der Waals surface area contributed by atoms with E-state index < -0.39 is 0 Å². The maximum Gasteiger partial charge on any atom is 0.139 e. The number of phenolic OH excluding ortho intramolecular Hbond substituents is 1. The Morgan fingerprint density at radius 2 is 2.00 bits per heavy atom. The van der Waals surface area contributed by atoms with Crippen LogP contribution in [0.25, 0.3) is 0 Å². The molecule has 0 unspecified atom stereocenters. The van der Waals surface area contributed by atoms with Gasteiger partial charge in [-0.2, -0.15) is 0 Å². The molecule has 3 aliphatic rings. The number of carbonyl (C=O) groups excluding carboxylic acids is 1. The zero-order valence-corrected chi connectivity index (χ0v) is 13.0. The van der Waals surface area contributed by atoms with E-state index in [9.17, 15) is 9.90 Å². The zero-order chi connectivity index (χ0) is 14.8. The van der Waals surface area contributed by atoms with Crippen molar-refractivity contribution in [2.24, 2.45) is 17.3 Å². The van der Waals surface area contributed by atoms with E-state index in [-0.39, 0.29) is 5.41 Å². The lowest BCUT2D eigenvalue weighted by molar-refractivity contribution is -0.129. The predicted octanol–water partition coefficient (Wildman–Crippen LogP) is 4.13. The van der Waals surface area contributed by atoms with Crippen molar-refractivity contribution in [3.8, 4) is 5.75 Å². The van der Waals surface area contributed by atoms with E-state index in [1.807, 2.05) is 12.1 Å². The molecule has 0 bridgehead atoms. The lowest BCUT2D eigenvalue weighted by Gasteiger charge is -2.48. The van der Waals surface area contributed by atoms with Crippen LogP contribution in [0.2, 0.25) is 0 Å². The highest BCUT2D eigenvalue weighted by Gasteiger charge is 2.54. The van der Waals surface area contributed by atoms with E-state index in [1.165, 1.54) is 23.1 Å². The van der Waals surface area contributed by atoms with Crippen molar-refractivity contribution in [1.82, 2.24) is 0 Å². The summed E-state index contributed by atoms with van der Waals surface area (Å²) in [5.41, 5.74) is 4.04. The van der Waals surface area contributed by atoms with Crippen LogP contribution in [-0.2, 0) is 11.2 Å². The molecule has 2 heteroatoms. The minimum absolute atomic E-state index is 0.0382. The number of hydrogen-bond donors (Lipinski definition) is 1. The molecular weight excluding hydrogens is 260 g/mol. The maximum absolute atomic E-state index is 12.3. The molecule has 0 saturated heterocycles. The normalized spacial score (nSPS) is 37.8. The largest absolute Gasteiger partial charge is 0.508 e. The Morgan fingerprint density at radius 1 is 1.19 bits per heavy atom. The van der Waals surface area contributed by atoms with Crippen LogP contribution in [0.4, 0.5) is 0 Å². The first-order chi connectivity index (χ1) is 10.0. The van der Waals surface area contributed by atoms with Crippen LogP contribution in [0.3, 0.4) is 0 Å². The standard InChI is InChI=1S/C19H24O2/c1-11-9-13(20)10-12-3-4-14-15(18(11)12)7-8-19(2)16(14)5-6-17(19)21/h9-10,14-16,20H,3-8H2,1-2H3/t14-,15-,16-,19-/m1/s1. The highest BCUT2D eigenvalue weighted by molar-refractivity contribution is 5.87. The molecule has 21 heavy (non-hydrogen) atoms. The highest BCUT2D eigenvalue weighted by atomic mass is 16.3. The minimum Gasteiger partial charge on any atom is -0.508 e. The number of aryl methyl sites for hydroxylation is 2. The summed E-state index contributed by atoms with van der Waals surface area (Å²) >= 11 is 0. The van der Waals surface area contributed by atoms with Gasteiger partial charge in [-0.25, -0.2) is 0 Å². The minimum atomic E-state index is -0.0382. The summed E-state index contributed by atoms with van der Waals surface area (Å²) < 4.78 is 0. The number of rotatable bonds is 0. The van der Waals surface area contributed by atoms with Gasteiger partial charge < -0.3 is 5.11 Å². The summed E-state index contributed by atoms with van der Waals surface area (Å²) in [6, 6.07) is 3.88. The molecule has 112 valence electrons. The van der Waals surface area contributed by atoms with Gasteiger partial charge >= 0.3 is 0 Å². The van der Waals surface area contributed by atoms with E-state index in [0.29, 0.717) is 29.3 Å². The first-order valence-electron chi connectivity index (χ1n) is 8.36. The van der Waals surface area contributed by atoms with Crippen molar-refractivity contribution in [3.63, 3.8) is 0 Å². The van der Waals surface area contributed by atoms with E-state index in [4.69, 9.17) is 0 Å². The Labute approximate surface area is 126 Å². The van der Waals surface area contributed by atoms with Crippen LogP contribution in [0.5, 0.6) is 5.75 Å². The number of carbonyl (C=O) groups is 1. The third-order valence-electron chi connectivity index (χ3n) is 6.72. The Hall–Kier alpha value is -1.31. The van der Waals surface area contributed by atoms with Gasteiger partial charge in [0.05, 0.1) is 0 Å². The molecule has 2 fully saturated rings. The number of aromatic hydroxyl groups is 1. The van der Waals surface area contributed by atoms with Crippen molar-refractivity contribution in [2.75, 3.05) is 0 Å². The predicted molar refractivity (Wildman–Crippen MR) is 82.5 cm³/mol. The van der Waals surface area contributed by atoms with E-state index in [0.717, 1.165) is 32.1 Å². The second-order valence-corrected chi connectivity index (χ2v) is 7.67. The molecule has 4 rings (SSSR count). The lowest BCUT2D eigenvalue weighted by atomic mass is 9.55. The molecule has 0 aliphatic heterocycles. The van der Waals surface area contributed by atoms with Gasteiger partial charge in [0.1, 0.15) is 11.5 Å². The smallest absolute Gasteiger partial charge is 0.139 e. The van der Waals surface area contributed by atoms with Gasteiger partial charge in [-0.15, -0.1) is 0 Å². The van der Waals surface area contributed by atoms with Crippen molar-refractivity contribution >= 4 is 5.78 Å². The molecule has 0 spiro atoms. The molecule has 0 radical (unpaired) electrons. The Balaban J connectivity index is 1.77. The monoisotopic (exact) mass is 284 g/mol. The second kappa shape index (κ2) is 4.34. The lowest BCUT2D eigenvalue weighted by Crippen LogP contribution is -2.42. The summed E-state index contributed by atoms with van der Waals surface area (Å²) in [5.74, 6) is 2.79. The molecule has 0 aromatic heterocycles. The molecule has 0 amide bonds. The number of Topliss-reactive ketones (excluding diaryl/α,β-unsaturated/α-hetero) is 1. The molecule has 2 nitrogen and oxygen atoms in total. The molecule has 0 heterocycles. The first-order valence-corrected chi connectivity index (χ1v) is 8.36. The first kappa shape index (κ1) is 13.4. The molecule has 1 aromatic rings. The van der Waals surface area contributed by atoms with Crippen LogP contribution in [0.1, 0.15) is 61.6 Å². The molecule has 1 N–H and O–H groups in total. The average Bonchev–Trinajstić information content (AvgIpc) is 2.74. The number of phenols is 1. The summed E-state index contributed by atoms with van der Waals surface area (Å²) in [4.78, 5) is 12.3. The number of benzene rings is 1. The summed E-state index contributed by atoms with van der Waals surface area (Å²) in [6.45, 7) is 4.36. The SMILES string of the molecule is Cc1cc(O)cc2c1[C@@H]1CC[C@@]3(C)C(=O)CC[C@@H]3[C@@H]1CC2. The van der Waals surface area contributed by atoms with Gasteiger partial charge in [-0.05, 0) is 85.6 Å². The topological polar surface area (TPSA) is 37.3 Å². The Kier molecular flexibility index (Phi) is 2.76. The third-order valence-corrected chi connectivity index (χ3v) is 6.72. The summed E-state index contributed by atoms with van der Waals surface area (Å²) in [5, 5.41) is 9.85. The second-order valence-electron chi connectivity index (χ2n) is 7.67. The highest BCUT2D eigenvalue weighted by Crippen LogP contribution is 2.60. The van der Waals surface area contributed by atoms with E-state index >= 15 is 0 Å². The van der Waals surface area contributed by atoms with Gasteiger partial charge in [-0.1, -0.05) is 6.92 Å². The number of fused-ring (bicyclic) bond motifs is 5.